The lowest BCUT2D eigenvalue weighted by Crippen LogP contribution is -2.28. The van der Waals surface area contributed by atoms with Crippen molar-refractivity contribution >= 4 is 63.2 Å². The molecule has 2 heterocycles. The van der Waals surface area contributed by atoms with Gasteiger partial charge < -0.3 is 14.3 Å². The zero-order valence-electron chi connectivity index (χ0n) is 16.3. The van der Waals surface area contributed by atoms with Crippen molar-refractivity contribution in [3.8, 4) is 0 Å². The highest BCUT2D eigenvalue weighted by atomic mass is 35.5. The van der Waals surface area contributed by atoms with Gasteiger partial charge in [0.15, 0.2) is 0 Å². The topological polar surface area (TPSA) is 42.7 Å². The van der Waals surface area contributed by atoms with Gasteiger partial charge in [-0.2, -0.15) is 0 Å². The highest BCUT2D eigenvalue weighted by Gasteiger charge is 2.27. The highest BCUT2D eigenvalue weighted by molar-refractivity contribution is 6.37. The minimum absolute atomic E-state index is 0.521. The van der Waals surface area contributed by atoms with Gasteiger partial charge in [-0.3, -0.25) is 0 Å². The number of nitrogens with zero attached hydrogens (tertiary/aromatic N) is 4. The smallest absolute Gasteiger partial charge is 0.211 e. The Morgan fingerprint density at radius 1 is 1.10 bits per heavy atom. The fraction of sp³-hybridized carbons (Fsp3) is 0.333. The highest BCUT2D eigenvalue weighted by Crippen LogP contribution is 2.39. The van der Waals surface area contributed by atoms with Crippen LogP contribution in [0.5, 0.6) is 0 Å². The molecule has 5 nitrogen and oxygen atoms in total. The fourth-order valence-electron chi connectivity index (χ4n) is 3.71. The molecule has 2 aromatic carbocycles. The van der Waals surface area contributed by atoms with E-state index in [9.17, 15) is 0 Å². The van der Waals surface area contributed by atoms with Crippen LogP contribution in [0, 0.1) is 0 Å². The average molecular weight is 452 g/mol. The summed E-state index contributed by atoms with van der Waals surface area (Å²) in [7, 11) is 0. The van der Waals surface area contributed by atoms with Crippen LogP contribution < -0.4 is 4.90 Å². The molecular weight excluding hydrogens is 431 g/mol. The first-order valence-corrected chi connectivity index (χ1v) is 10.8. The second kappa shape index (κ2) is 8.42. The molecule has 0 unspecified atom stereocenters. The summed E-state index contributed by atoms with van der Waals surface area (Å²) in [4.78, 5) is 12.4. The van der Waals surface area contributed by atoms with Gasteiger partial charge >= 0.3 is 0 Å². The molecule has 0 spiro atoms. The number of aryl methyl sites for hydroxylation is 1. The molecule has 29 heavy (non-hydrogen) atoms. The Labute approximate surface area is 184 Å². The van der Waals surface area contributed by atoms with Gasteiger partial charge in [0.25, 0.3) is 0 Å². The third-order valence-corrected chi connectivity index (χ3v) is 5.82. The van der Waals surface area contributed by atoms with E-state index >= 15 is 0 Å². The number of imidazole rings is 1. The Morgan fingerprint density at radius 3 is 2.66 bits per heavy atom. The van der Waals surface area contributed by atoms with Gasteiger partial charge in [0, 0.05) is 23.7 Å². The number of halogens is 3. The van der Waals surface area contributed by atoms with Crippen molar-refractivity contribution in [2.45, 2.75) is 33.2 Å². The summed E-state index contributed by atoms with van der Waals surface area (Å²) < 4.78 is 2.20. The van der Waals surface area contributed by atoms with Crippen molar-refractivity contribution in [1.29, 1.82) is 0 Å². The number of hydrogen-bond donors (Lipinski definition) is 0. The number of benzene rings is 2. The maximum absolute atomic E-state index is 6.54. The van der Waals surface area contributed by atoms with E-state index in [1.807, 2.05) is 31.2 Å². The Kier molecular flexibility index (Phi) is 5.91. The molecule has 1 aliphatic rings. The molecule has 4 rings (SSSR count). The molecule has 1 aliphatic heterocycles. The summed E-state index contributed by atoms with van der Waals surface area (Å²) in [6, 6.07) is 9.38. The van der Waals surface area contributed by atoms with Gasteiger partial charge in [0.05, 0.1) is 27.0 Å². The zero-order chi connectivity index (χ0) is 20.5. The molecular formula is C21H21Cl3N4O. The van der Waals surface area contributed by atoms with Gasteiger partial charge in [-0.15, -0.1) is 0 Å². The SMILES string of the molecule is CCO/N=C(/CC)c1ccc(Cl)c2nc3n(c12)CCCN3c1ccc(Cl)cc1Cl. The summed E-state index contributed by atoms with van der Waals surface area (Å²) in [6.07, 6.45) is 1.69. The Hall–Kier alpha value is -1.95. The molecule has 0 atom stereocenters. The van der Waals surface area contributed by atoms with Crippen molar-refractivity contribution in [3.05, 3.63) is 51.0 Å². The largest absolute Gasteiger partial charge is 0.396 e. The van der Waals surface area contributed by atoms with Crippen LogP contribution in [-0.4, -0.2) is 28.4 Å². The second-order valence-electron chi connectivity index (χ2n) is 6.77. The standard InChI is InChI=1S/C21H21Cl3N4O/c1-3-17(26-29-4-2)14-7-8-15(23)19-20(14)28-11-5-10-27(21(28)25-19)18-9-6-13(22)12-16(18)24/h6-9,12H,3-5,10-11H2,1-2H3/b26-17-. The first-order chi connectivity index (χ1) is 14.0. The normalized spacial score (nSPS) is 14.4. The predicted octanol–water partition coefficient (Wildman–Crippen LogP) is 6.69. The van der Waals surface area contributed by atoms with Crippen LogP contribution in [0.1, 0.15) is 32.3 Å². The molecule has 152 valence electrons. The van der Waals surface area contributed by atoms with E-state index in [2.05, 4.69) is 21.5 Å². The van der Waals surface area contributed by atoms with E-state index in [1.54, 1.807) is 6.07 Å². The first-order valence-electron chi connectivity index (χ1n) is 9.65. The molecule has 3 aromatic rings. The molecule has 0 amide bonds. The summed E-state index contributed by atoms with van der Waals surface area (Å²) in [5.74, 6) is 0.816. The monoisotopic (exact) mass is 450 g/mol. The minimum atomic E-state index is 0.521. The summed E-state index contributed by atoms with van der Waals surface area (Å²) in [5.41, 5.74) is 4.47. The van der Waals surface area contributed by atoms with Crippen LogP contribution in [0.25, 0.3) is 11.0 Å². The Morgan fingerprint density at radius 2 is 1.93 bits per heavy atom. The zero-order valence-corrected chi connectivity index (χ0v) is 18.5. The van der Waals surface area contributed by atoms with Crippen molar-refractivity contribution in [2.24, 2.45) is 5.16 Å². The quantitative estimate of drug-likeness (QED) is 0.320. The number of aromatic nitrogens is 2. The average Bonchev–Trinajstić information content (AvgIpc) is 3.11. The molecule has 8 heteroatoms. The fourth-order valence-corrected chi connectivity index (χ4v) is 4.41. The lowest BCUT2D eigenvalue weighted by atomic mass is 10.1. The van der Waals surface area contributed by atoms with Gasteiger partial charge in [0.2, 0.25) is 5.95 Å². The summed E-state index contributed by atoms with van der Waals surface area (Å²) >= 11 is 19.1. The molecule has 0 saturated heterocycles. The van der Waals surface area contributed by atoms with Crippen molar-refractivity contribution in [2.75, 3.05) is 18.1 Å². The van der Waals surface area contributed by atoms with E-state index in [1.165, 1.54) is 0 Å². The van der Waals surface area contributed by atoms with Crippen LogP contribution in [0.2, 0.25) is 15.1 Å². The molecule has 0 bridgehead atoms. The van der Waals surface area contributed by atoms with Crippen molar-refractivity contribution < 1.29 is 4.84 Å². The number of oxime groups is 1. The van der Waals surface area contributed by atoms with E-state index in [4.69, 9.17) is 44.6 Å². The Bertz CT molecular complexity index is 1090. The van der Waals surface area contributed by atoms with E-state index < -0.39 is 0 Å². The van der Waals surface area contributed by atoms with Crippen LogP contribution in [-0.2, 0) is 11.4 Å². The summed E-state index contributed by atoms with van der Waals surface area (Å²) in [5, 5.41) is 6.13. The van der Waals surface area contributed by atoms with Crippen LogP contribution in [0.4, 0.5) is 11.6 Å². The first kappa shape index (κ1) is 20.3. The molecule has 1 aromatic heterocycles. The lowest BCUT2D eigenvalue weighted by Gasteiger charge is -2.30. The van der Waals surface area contributed by atoms with Crippen LogP contribution in [0.3, 0.4) is 0 Å². The molecule has 0 N–H and O–H groups in total. The number of rotatable bonds is 5. The van der Waals surface area contributed by atoms with E-state index in [0.717, 1.165) is 59.9 Å². The Balaban J connectivity index is 1.93. The van der Waals surface area contributed by atoms with E-state index in [0.29, 0.717) is 21.7 Å². The van der Waals surface area contributed by atoms with Gasteiger partial charge in [-0.05, 0) is 50.1 Å². The van der Waals surface area contributed by atoms with Crippen LogP contribution in [0.15, 0.2) is 35.5 Å². The number of anilines is 2. The van der Waals surface area contributed by atoms with Gasteiger partial charge in [-0.25, -0.2) is 4.98 Å². The predicted molar refractivity (Wildman–Crippen MR) is 121 cm³/mol. The third-order valence-electron chi connectivity index (χ3n) is 4.98. The second-order valence-corrected chi connectivity index (χ2v) is 8.02. The van der Waals surface area contributed by atoms with Crippen LogP contribution >= 0.6 is 34.8 Å². The minimum Gasteiger partial charge on any atom is -0.396 e. The lowest BCUT2D eigenvalue weighted by molar-refractivity contribution is 0.158. The molecule has 0 saturated carbocycles. The van der Waals surface area contributed by atoms with Crippen molar-refractivity contribution in [1.82, 2.24) is 9.55 Å². The summed E-state index contributed by atoms with van der Waals surface area (Å²) in [6.45, 7) is 6.15. The molecule has 0 aliphatic carbocycles. The maximum Gasteiger partial charge on any atom is 0.211 e. The molecule has 0 fully saturated rings. The third kappa shape index (κ3) is 3.67. The number of hydrogen-bond acceptors (Lipinski definition) is 4. The van der Waals surface area contributed by atoms with Gasteiger partial charge in [0.1, 0.15) is 12.1 Å². The maximum atomic E-state index is 6.54. The molecule has 0 radical (unpaired) electrons. The van der Waals surface area contributed by atoms with Gasteiger partial charge in [-0.1, -0.05) is 46.9 Å². The number of fused-ring (bicyclic) bond motifs is 3. The van der Waals surface area contributed by atoms with E-state index in [-0.39, 0.29) is 0 Å². The van der Waals surface area contributed by atoms with Crippen molar-refractivity contribution in [3.63, 3.8) is 0 Å².